The lowest BCUT2D eigenvalue weighted by atomic mass is 10.3. The van der Waals surface area contributed by atoms with Crippen molar-refractivity contribution in [1.29, 1.82) is 0 Å². The SMILES string of the molecule is Cc1ccnc(C2CN(S(=O)(=O)C3CCCC3)CCO2)n1. The number of hydrogen-bond donors (Lipinski definition) is 0. The average Bonchev–Trinajstić information content (AvgIpc) is 3.02. The fourth-order valence-electron chi connectivity index (χ4n) is 3.03. The quantitative estimate of drug-likeness (QED) is 0.844. The van der Waals surface area contributed by atoms with Gasteiger partial charge >= 0.3 is 0 Å². The first kappa shape index (κ1) is 14.9. The van der Waals surface area contributed by atoms with Crippen LogP contribution in [0.5, 0.6) is 0 Å². The van der Waals surface area contributed by atoms with Crippen molar-refractivity contribution >= 4 is 10.0 Å². The second-order valence-electron chi connectivity index (χ2n) is 5.73. The Morgan fingerprint density at radius 3 is 2.81 bits per heavy atom. The Hall–Kier alpha value is -1.05. The molecule has 3 rings (SSSR count). The van der Waals surface area contributed by atoms with Gasteiger partial charge in [-0.05, 0) is 25.8 Å². The van der Waals surface area contributed by atoms with Crippen LogP contribution >= 0.6 is 0 Å². The van der Waals surface area contributed by atoms with Crippen LogP contribution in [0.15, 0.2) is 12.3 Å². The first-order chi connectivity index (χ1) is 10.1. The molecule has 2 heterocycles. The highest BCUT2D eigenvalue weighted by atomic mass is 32.2. The molecule has 1 aliphatic carbocycles. The van der Waals surface area contributed by atoms with Gasteiger partial charge in [0.05, 0.1) is 11.9 Å². The van der Waals surface area contributed by atoms with Crippen molar-refractivity contribution < 1.29 is 13.2 Å². The highest BCUT2D eigenvalue weighted by Gasteiger charge is 2.37. The maximum absolute atomic E-state index is 12.7. The molecule has 1 aromatic rings. The van der Waals surface area contributed by atoms with Gasteiger partial charge in [-0.2, -0.15) is 4.31 Å². The number of nitrogens with zero attached hydrogens (tertiary/aromatic N) is 3. The highest BCUT2D eigenvalue weighted by molar-refractivity contribution is 7.89. The van der Waals surface area contributed by atoms with E-state index >= 15 is 0 Å². The number of sulfonamides is 1. The van der Waals surface area contributed by atoms with Gasteiger partial charge in [-0.15, -0.1) is 0 Å². The number of rotatable bonds is 3. The molecule has 1 aromatic heterocycles. The normalized spacial score (nSPS) is 25.3. The molecule has 0 amide bonds. The second-order valence-corrected chi connectivity index (χ2v) is 7.94. The molecule has 1 saturated heterocycles. The first-order valence-electron chi connectivity index (χ1n) is 7.47. The number of ether oxygens (including phenoxy) is 1. The minimum Gasteiger partial charge on any atom is -0.367 e. The number of aryl methyl sites for hydroxylation is 1. The van der Waals surface area contributed by atoms with Gasteiger partial charge in [-0.1, -0.05) is 12.8 Å². The van der Waals surface area contributed by atoms with E-state index in [0.29, 0.717) is 25.5 Å². The van der Waals surface area contributed by atoms with Gasteiger partial charge in [-0.25, -0.2) is 18.4 Å². The second kappa shape index (κ2) is 5.98. The molecule has 1 saturated carbocycles. The number of morpholine rings is 1. The Balaban J connectivity index is 1.76. The summed E-state index contributed by atoms with van der Waals surface area (Å²) in [5.74, 6) is 0.571. The molecule has 0 radical (unpaired) electrons. The van der Waals surface area contributed by atoms with Crippen molar-refractivity contribution in [1.82, 2.24) is 14.3 Å². The molecule has 0 N–H and O–H groups in total. The van der Waals surface area contributed by atoms with E-state index in [1.54, 1.807) is 10.5 Å². The zero-order chi connectivity index (χ0) is 14.9. The van der Waals surface area contributed by atoms with E-state index in [1.807, 2.05) is 13.0 Å². The van der Waals surface area contributed by atoms with Crippen LogP contribution in [0.25, 0.3) is 0 Å². The van der Waals surface area contributed by atoms with Crippen molar-refractivity contribution in [3.8, 4) is 0 Å². The minimum absolute atomic E-state index is 0.213. The Kier molecular flexibility index (Phi) is 4.24. The summed E-state index contributed by atoms with van der Waals surface area (Å²) in [5, 5.41) is -0.213. The van der Waals surface area contributed by atoms with Crippen molar-refractivity contribution in [2.45, 2.75) is 44.0 Å². The average molecular weight is 311 g/mol. The van der Waals surface area contributed by atoms with Crippen LogP contribution in [0.1, 0.15) is 43.3 Å². The van der Waals surface area contributed by atoms with Gasteiger partial charge in [0.1, 0.15) is 6.10 Å². The summed E-state index contributed by atoms with van der Waals surface area (Å²) in [6.07, 6.45) is 4.91. The zero-order valence-electron chi connectivity index (χ0n) is 12.2. The molecule has 2 aliphatic rings. The van der Waals surface area contributed by atoms with Gasteiger partial charge in [0, 0.05) is 25.0 Å². The molecule has 116 valence electrons. The van der Waals surface area contributed by atoms with E-state index in [-0.39, 0.29) is 11.4 Å². The molecule has 1 unspecified atom stereocenters. The van der Waals surface area contributed by atoms with E-state index in [9.17, 15) is 8.42 Å². The van der Waals surface area contributed by atoms with Crippen molar-refractivity contribution in [2.24, 2.45) is 0 Å². The third kappa shape index (κ3) is 3.09. The summed E-state index contributed by atoms with van der Waals surface area (Å²) >= 11 is 0. The lowest BCUT2D eigenvalue weighted by molar-refractivity contribution is -0.00788. The molecule has 0 bridgehead atoms. The predicted molar refractivity (Wildman–Crippen MR) is 78.2 cm³/mol. The van der Waals surface area contributed by atoms with Crippen LogP contribution < -0.4 is 0 Å². The van der Waals surface area contributed by atoms with Crippen LogP contribution in [-0.4, -0.2) is 47.6 Å². The van der Waals surface area contributed by atoms with Gasteiger partial charge in [0.25, 0.3) is 0 Å². The summed E-state index contributed by atoms with van der Waals surface area (Å²) in [6, 6.07) is 1.82. The molecule has 7 heteroatoms. The van der Waals surface area contributed by atoms with Crippen LogP contribution in [0, 0.1) is 6.92 Å². The smallest absolute Gasteiger partial charge is 0.217 e. The minimum atomic E-state index is -3.22. The van der Waals surface area contributed by atoms with E-state index in [0.717, 1.165) is 31.4 Å². The third-order valence-corrected chi connectivity index (χ3v) is 6.58. The summed E-state index contributed by atoms with van der Waals surface area (Å²) in [4.78, 5) is 8.57. The van der Waals surface area contributed by atoms with E-state index < -0.39 is 10.0 Å². The van der Waals surface area contributed by atoms with Crippen molar-refractivity contribution in [2.75, 3.05) is 19.7 Å². The standard InChI is InChI=1S/C14H21N3O3S/c1-11-6-7-15-14(16-11)13-10-17(8-9-20-13)21(18,19)12-4-2-3-5-12/h6-7,12-13H,2-5,8-10H2,1H3. The third-order valence-electron chi connectivity index (χ3n) is 4.21. The summed E-state index contributed by atoms with van der Waals surface area (Å²) in [6.45, 7) is 3.04. The predicted octanol–water partition coefficient (Wildman–Crippen LogP) is 1.43. The lowest BCUT2D eigenvalue weighted by Gasteiger charge is -2.33. The summed E-state index contributed by atoms with van der Waals surface area (Å²) in [7, 11) is -3.22. The lowest BCUT2D eigenvalue weighted by Crippen LogP contribution is -2.46. The molecular formula is C14H21N3O3S. The molecule has 6 nitrogen and oxygen atoms in total. The fourth-order valence-corrected chi connectivity index (χ4v) is 5.06. The summed E-state index contributed by atoms with van der Waals surface area (Å²) < 4.78 is 32.6. The fraction of sp³-hybridized carbons (Fsp3) is 0.714. The topological polar surface area (TPSA) is 72.4 Å². The number of aromatic nitrogens is 2. The molecule has 1 aliphatic heterocycles. The monoisotopic (exact) mass is 311 g/mol. The van der Waals surface area contributed by atoms with E-state index in [2.05, 4.69) is 9.97 Å². The molecule has 21 heavy (non-hydrogen) atoms. The van der Waals surface area contributed by atoms with E-state index in [4.69, 9.17) is 4.74 Å². The van der Waals surface area contributed by atoms with E-state index in [1.165, 1.54) is 0 Å². The number of hydrogen-bond acceptors (Lipinski definition) is 5. The largest absolute Gasteiger partial charge is 0.367 e. The molecule has 0 spiro atoms. The van der Waals surface area contributed by atoms with Gasteiger partial charge in [0.2, 0.25) is 10.0 Å². The Labute approximate surface area is 125 Å². The molecular weight excluding hydrogens is 290 g/mol. The summed E-state index contributed by atoms with van der Waals surface area (Å²) in [5.41, 5.74) is 0.861. The van der Waals surface area contributed by atoms with Crippen LogP contribution in [-0.2, 0) is 14.8 Å². The Bertz CT molecular complexity index is 599. The van der Waals surface area contributed by atoms with Gasteiger partial charge in [-0.3, -0.25) is 0 Å². The zero-order valence-corrected chi connectivity index (χ0v) is 13.1. The molecule has 0 aromatic carbocycles. The Morgan fingerprint density at radius 1 is 1.33 bits per heavy atom. The van der Waals surface area contributed by atoms with Crippen LogP contribution in [0.3, 0.4) is 0 Å². The molecule has 2 fully saturated rings. The molecule has 1 atom stereocenters. The van der Waals surface area contributed by atoms with Crippen LogP contribution in [0.4, 0.5) is 0 Å². The van der Waals surface area contributed by atoms with Crippen LogP contribution in [0.2, 0.25) is 0 Å². The van der Waals surface area contributed by atoms with Crippen molar-refractivity contribution in [3.05, 3.63) is 23.8 Å². The highest BCUT2D eigenvalue weighted by Crippen LogP contribution is 2.30. The van der Waals surface area contributed by atoms with Crippen molar-refractivity contribution in [3.63, 3.8) is 0 Å². The maximum atomic E-state index is 12.7. The maximum Gasteiger partial charge on any atom is 0.217 e. The Morgan fingerprint density at radius 2 is 2.10 bits per heavy atom. The van der Waals surface area contributed by atoms with Gasteiger partial charge < -0.3 is 4.74 Å². The first-order valence-corrected chi connectivity index (χ1v) is 8.98. The van der Waals surface area contributed by atoms with Gasteiger partial charge in [0.15, 0.2) is 5.82 Å².